The van der Waals surface area contributed by atoms with E-state index in [9.17, 15) is 0 Å². The van der Waals surface area contributed by atoms with Crippen LogP contribution in [-0.2, 0) is 12.8 Å². The Labute approximate surface area is 100 Å². The fourth-order valence-electron chi connectivity index (χ4n) is 2.02. The summed E-state index contributed by atoms with van der Waals surface area (Å²) in [6.45, 7) is 10.7. The molecule has 0 aromatic heterocycles. The largest absolute Gasteiger partial charge is 0.0985 e. The van der Waals surface area contributed by atoms with E-state index in [4.69, 9.17) is 0 Å². The van der Waals surface area contributed by atoms with Gasteiger partial charge < -0.3 is 0 Å². The summed E-state index contributed by atoms with van der Waals surface area (Å²) in [5.74, 6) is 0.721. The van der Waals surface area contributed by atoms with Crippen LogP contribution in [0.2, 0.25) is 0 Å². The number of unbranched alkanes of at least 4 members (excludes halogenated alkanes) is 1. The van der Waals surface area contributed by atoms with E-state index in [-0.39, 0.29) is 0 Å². The molecule has 0 aliphatic heterocycles. The molecule has 16 heavy (non-hydrogen) atoms. The Hall–Kier alpha value is -1.04. The quantitative estimate of drug-likeness (QED) is 0.636. The summed E-state index contributed by atoms with van der Waals surface area (Å²) in [7, 11) is 0. The summed E-state index contributed by atoms with van der Waals surface area (Å²) < 4.78 is 0. The first-order valence-corrected chi connectivity index (χ1v) is 6.41. The third-order valence-electron chi connectivity index (χ3n) is 2.77. The first kappa shape index (κ1) is 13.0. The summed E-state index contributed by atoms with van der Waals surface area (Å²) >= 11 is 0. The second-order valence-electron chi connectivity index (χ2n) is 4.99. The second-order valence-corrected chi connectivity index (χ2v) is 4.99. The fraction of sp³-hybridized carbons (Fsp3) is 0.500. The van der Waals surface area contributed by atoms with Crippen molar-refractivity contribution in [1.29, 1.82) is 0 Å². The molecule has 0 saturated carbocycles. The molecule has 0 atom stereocenters. The third-order valence-corrected chi connectivity index (χ3v) is 2.77. The highest BCUT2D eigenvalue weighted by Crippen LogP contribution is 2.16. The molecule has 0 radical (unpaired) electrons. The van der Waals surface area contributed by atoms with Gasteiger partial charge >= 0.3 is 0 Å². The van der Waals surface area contributed by atoms with E-state index >= 15 is 0 Å². The lowest BCUT2D eigenvalue weighted by Gasteiger charge is -2.09. The Balaban J connectivity index is 2.87. The molecule has 0 aliphatic rings. The van der Waals surface area contributed by atoms with Gasteiger partial charge in [-0.05, 0) is 41.9 Å². The van der Waals surface area contributed by atoms with E-state index in [1.165, 1.54) is 42.4 Å². The molecule has 1 aromatic carbocycles. The Morgan fingerprint density at radius 1 is 1.19 bits per heavy atom. The van der Waals surface area contributed by atoms with Gasteiger partial charge in [0.1, 0.15) is 0 Å². The van der Waals surface area contributed by atoms with Gasteiger partial charge in [-0.15, -0.1) is 0 Å². The van der Waals surface area contributed by atoms with Crippen LogP contribution in [0.25, 0.3) is 6.08 Å². The molecule has 0 amide bonds. The van der Waals surface area contributed by atoms with Gasteiger partial charge in [0.15, 0.2) is 0 Å². The van der Waals surface area contributed by atoms with E-state index in [1.54, 1.807) is 0 Å². The smallest absolute Gasteiger partial charge is 0.0255 e. The lowest BCUT2D eigenvalue weighted by molar-refractivity contribution is 0.646. The first-order chi connectivity index (χ1) is 7.65. The number of rotatable bonds is 6. The summed E-state index contributed by atoms with van der Waals surface area (Å²) in [4.78, 5) is 0. The summed E-state index contributed by atoms with van der Waals surface area (Å²) in [6.07, 6.45) is 6.86. The number of hydrogen-bond donors (Lipinski definition) is 0. The van der Waals surface area contributed by atoms with Gasteiger partial charge in [-0.1, -0.05) is 58.0 Å². The van der Waals surface area contributed by atoms with E-state index in [0.29, 0.717) is 0 Å². The predicted octanol–water partition coefficient (Wildman–Crippen LogP) is 4.87. The van der Waals surface area contributed by atoms with Gasteiger partial charge in [-0.3, -0.25) is 0 Å². The Kier molecular flexibility index (Phi) is 5.31. The highest BCUT2D eigenvalue weighted by atomic mass is 14.1. The maximum absolute atomic E-state index is 3.87. The van der Waals surface area contributed by atoms with E-state index < -0.39 is 0 Å². The third kappa shape index (κ3) is 4.22. The first-order valence-electron chi connectivity index (χ1n) is 6.41. The van der Waals surface area contributed by atoms with Gasteiger partial charge in [0.05, 0.1) is 0 Å². The van der Waals surface area contributed by atoms with Crippen LogP contribution in [0, 0.1) is 5.92 Å². The topological polar surface area (TPSA) is 0 Å². The van der Waals surface area contributed by atoms with E-state index in [1.807, 2.05) is 6.08 Å². The average Bonchev–Trinajstić information content (AvgIpc) is 2.25. The molecular formula is C16H24. The molecule has 0 aliphatic carbocycles. The monoisotopic (exact) mass is 216 g/mol. The van der Waals surface area contributed by atoms with E-state index in [2.05, 4.69) is 45.5 Å². The van der Waals surface area contributed by atoms with Gasteiger partial charge in [-0.2, -0.15) is 0 Å². The highest BCUT2D eigenvalue weighted by molar-refractivity contribution is 5.50. The van der Waals surface area contributed by atoms with Crippen LogP contribution in [0.4, 0.5) is 0 Å². The zero-order valence-electron chi connectivity index (χ0n) is 10.9. The molecule has 0 N–H and O–H groups in total. The summed E-state index contributed by atoms with van der Waals surface area (Å²) in [6, 6.07) is 6.90. The molecule has 0 nitrogen and oxygen atoms in total. The number of hydrogen-bond acceptors (Lipinski definition) is 0. The molecule has 1 aromatic rings. The molecule has 88 valence electrons. The number of benzene rings is 1. The molecule has 0 heterocycles. The van der Waals surface area contributed by atoms with Crippen LogP contribution in [-0.4, -0.2) is 0 Å². The minimum Gasteiger partial charge on any atom is -0.0985 e. The Morgan fingerprint density at radius 2 is 1.88 bits per heavy atom. The highest BCUT2D eigenvalue weighted by Gasteiger charge is 2.02. The van der Waals surface area contributed by atoms with Crippen LogP contribution in [0.3, 0.4) is 0 Å². The van der Waals surface area contributed by atoms with Crippen LogP contribution in [0.15, 0.2) is 24.8 Å². The van der Waals surface area contributed by atoms with Crippen molar-refractivity contribution in [2.75, 3.05) is 0 Å². The van der Waals surface area contributed by atoms with Crippen LogP contribution >= 0.6 is 0 Å². The second kappa shape index (κ2) is 6.52. The zero-order chi connectivity index (χ0) is 12.0. The SMILES string of the molecule is C=Cc1cc(CCCC)cc(CC(C)C)c1. The molecule has 1 rings (SSSR count). The molecular weight excluding hydrogens is 192 g/mol. The van der Waals surface area contributed by atoms with Crippen molar-refractivity contribution in [3.05, 3.63) is 41.5 Å². The zero-order valence-corrected chi connectivity index (χ0v) is 10.9. The van der Waals surface area contributed by atoms with Crippen LogP contribution < -0.4 is 0 Å². The van der Waals surface area contributed by atoms with Crippen molar-refractivity contribution >= 4 is 6.08 Å². The van der Waals surface area contributed by atoms with Crippen LogP contribution in [0.1, 0.15) is 50.3 Å². The Morgan fingerprint density at radius 3 is 2.44 bits per heavy atom. The van der Waals surface area contributed by atoms with Crippen molar-refractivity contribution in [2.45, 2.75) is 46.5 Å². The standard InChI is InChI=1S/C16H24/c1-5-7-8-15-10-14(6-2)11-16(12-15)9-13(3)4/h6,10-13H,2,5,7-9H2,1,3-4H3. The maximum Gasteiger partial charge on any atom is -0.0255 e. The van der Waals surface area contributed by atoms with Crippen molar-refractivity contribution < 1.29 is 0 Å². The van der Waals surface area contributed by atoms with Gasteiger partial charge in [0.25, 0.3) is 0 Å². The van der Waals surface area contributed by atoms with E-state index in [0.717, 1.165) is 5.92 Å². The predicted molar refractivity (Wildman–Crippen MR) is 73.7 cm³/mol. The number of aryl methyl sites for hydroxylation is 1. The normalized spacial score (nSPS) is 10.8. The lowest BCUT2D eigenvalue weighted by atomic mass is 9.96. The van der Waals surface area contributed by atoms with Crippen molar-refractivity contribution in [2.24, 2.45) is 5.92 Å². The average molecular weight is 216 g/mol. The van der Waals surface area contributed by atoms with Gasteiger partial charge in [0, 0.05) is 0 Å². The Bertz CT molecular complexity index is 334. The molecule has 0 heteroatoms. The van der Waals surface area contributed by atoms with Crippen molar-refractivity contribution in [3.8, 4) is 0 Å². The maximum atomic E-state index is 3.87. The van der Waals surface area contributed by atoms with Gasteiger partial charge in [-0.25, -0.2) is 0 Å². The molecule has 0 saturated heterocycles. The molecule has 0 unspecified atom stereocenters. The summed E-state index contributed by atoms with van der Waals surface area (Å²) in [5.41, 5.74) is 4.19. The minimum absolute atomic E-state index is 0.721. The lowest BCUT2D eigenvalue weighted by Crippen LogP contribution is -1.96. The molecule has 0 fully saturated rings. The summed E-state index contributed by atoms with van der Waals surface area (Å²) in [5, 5.41) is 0. The van der Waals surface area contributed by atoms with Crippen molar-refractivity contribution in [3.63, 3.8) is 0 Å². The minimum atomic E-state index is 0.721. The molecule has 0 spiro atoms. The van der Waals surface area contributed by atoms with Crippen molar-refractivity contribution in [1.82, 2.24) is 0 Å². The molecule has 0 bridgehead atoms. The van der Waals surface area contributed by atoms with Crippen LogP contribution in [0.5, 0.6) is 0 Å². The van der Waals surface area contributed by atoms with Gasteiger partial charge in [0.2, 0.25) is 0 Å². The fourth-order valence-corrected chi connectivity index (χ4v) is 2.02.